The van der Waals surface area contributed by atoms with Gasteiger partial charge in [0.05, 0.1) is 22.8 Å². The molecule has 7 heteroatoms. The van der Waals surface area contributed by atoms with Gasteiger partial charge in [0.2, 0.25) is 0 Å². The van der Waals surface area contributed by atoms with Gasteiger partial charge < -0.3 is 5.73 Å². The first-order valence-corrected chi connectivity index (χ1v) is 7.66. The molecular formula is C13H11N5S2. The van der Waals surface area contributed by atoms with Crippen LogP contribution in [-0.2, 0) is 6.54 Å². The average Bonchev–Trinajstić information content (AvgIpc) is 3.12. The van der Waals surface area contributed by atoms with Crippen molar-refractivity contribution >= 4 is 28.5 Å². The molecule has 5 nitrogen and oxygen atoms in total. The number of hydrogen-bond donors (Lipinski definition) is 1. The molecule has 0 aliphatic rings. The van der Waals surface area contributed by atoms with Gasteiger partial charge in [-0.05, 0) is 18.4 Å². The number of anilines is 1. The van der Waals surface area contributed by atoms with E-state index in [1.54, 1.807) is 34.3 Å². The van der Waals surface area contributed by atoms with E-state index in [9.17, 15) is 0 Å². The zero-order chi connectivity index (χ0) is 14.1. The largest absolute Gasteiger partial charge is 0.383 e. The van der Waals surface area contributed by atoms with Crippen LogP contribution in [0.3, 0.4) is 0 Å². The van der Waals surface area contributed by atoms with Crippen LogP contribution >= 0.6 is 22.7 Å². The van der Waals surface area contributed by atoms with E-state index >= 15 is 0 Å². The van der Waals surface area contributed by atoms with Gasteiger partial charge >= 0.3 is 0 Å². The fraction of sp³-hybridized carbons (Fsp3) is 0.154. The number of aryl methyl sites for hydroxylation is 1. The zero-order valence-electron chi connectivity index (χ0n) is 10.7. The topological polar surface area (TPSA) is 80.5 Å². The molecule has 3 heterocycles. The quantitative estimate of drug-likeness (QED) is 0.806. The van der Waals surface area contributed by atoms with Gasteiger partial charge in [0, 0.05) is 5.38 Å². The van der Waals surface area contributed by atoms with E-state index in [0.717, 1.165) is 15.6 Å². The summed E-state index contributed by atoms with van der Waals surface area (Å²) >= 11 is 3.27. The van der Waals surface area contributed by atoms with E-state index in [0.29, 0.717) is 23.6 Å². The minimum atomic E-state index is 0.399. The van der Waals surface area contributed by atoms with Crippen molar-refractivity contribution in [3.8, 4) is 16.0 Å². The minimum Gasteiger partial charge on any atom is -0.383 e. The SMILES string of the molecule is Cc1nn(Cc2csc(-c3cccs3)n2)c(N)c1C#N. The normalized spacial score (nSPS) is 10.6. The molecule has 0 bridgehead atoms. The molecule has 0 radical (unpaired) electrons. The summed E-state index contributed by atoms with van der Waals surface area (Å²) in [5, 5.41) is 18.3. The molecule has 3 aromatic rings. The molecule has 0 amide bonds. The van der Waals surface area contributed by atoms with Crippen LogP contribution in [0.5, 0.6) is 0 Å². The molecule has 0 fully saturated rings. The Labute approximate surface area is 123 Å². The van der Waals surface area contributed by atoms with Crippen LogP contribution in [0, 0.1) is 18.3 Å². The Morgan fingerprint density at radius 1 is 1.45 bits per heavy atom. The molecule has 100 valence electrons. The number of nitrogens with two attached hydrogens (primary N) is 1. The van der Waals surface area contributed by atoms with Crippen LogP contribution in [0.25, 0.3) is 9.88 Å². The summed E-state index contributed by atoms with van der Waals surface area (Å²) in [6, 6.07) is 6.13. The predicted octanol–water partition coefficient (Wildman–Crippen LogP) is 2.88. The van der Waals surface area contributed by atoms with Crippen molar-refractivity contribution in [1.29, 1.82) is 5.26 Å². The van der Waals surface area contributed by atoms with Crippen LogP contribution < -0.4 is 5.73 Å². The summed E-state index contributed by atoms with van der Waals surface area (Å²) in [5.41, 5.74) is 7.91. The van der Waals surface area contributed by atoms with Crippen LogP contribution in [0.1, 0.15) is 17.0 Å². The van der Waals surface area contributed by atoms with E-state index in [-0.39, 0.29) is 0 Å². The smallest absolute Gasteiger partial charge is 0.140 e. The van der Waals surface area contributed by atoms with Crippen LogP contribution in [0.2, 0.25) is 0 Å². The second-order valence-corrected chi connectivity index (χ2v) is 6.04. The van der Waals surface area contributed by atoms with Gasteiger partial charge in [-0.3, -0.25) is 0 Å². The Balaban J connectivity index is 1.88. The Hall–Kier alpha value is -2.17. The van der Waals surface area contributed by atoms with E-state index in [4.69, 9.17) is 11.0 Å². The van der Waals surface area contributed by atoms with Gasteiger partial charge in [0.1, 0.15) is 22.5 Å². The molecular weight excluding hydrogens is 290 g/mol. The number of nitrogens with zero attached hydrogens (tertiary/aromatic N) is 4. The predicted molar refractivity (Wildman–Crippen MR) is 80.6 cm³/mol. The zero-order valence-corrected chi connectivity index (χ0v) is 12.3. The summed E-state index contributed by atoms with van der Waals surface area (Å²) in [5.74, 6) is 0.399. The van der Waals surface area contributed by atoms with Crippen molar-refractivity contribution in [2.45, 2.75) is 13.5 Å². The summed E-state index contributed by atoms with van der Waals surface area (Å²) < 4.78 is 1.63. The van der Waals surface area contributed by atoms with Crippen molar-refractivity contribution in [2.24, 2.45) is 0 Å². The summed E-state index contributed by atoms with van der Waals surface area (Å²) in [6.45, 7) is 2.26. The minimum absolute atomic E-state index is 0.399. The Morgan fingerprint density at radius 3 is 2.95 bits per heavy atom. The van der Waals surface area contributed by atoms with Gasteiger partial charge in [-0.15, -0.1) is 22.7 Å². The third-order valence-electron chi connectivity index (χ3n) is 2.87. The monoisotopic (exact) mass is 301 g/mol. The lowest BCUT2D eigenvalue weighted by Crippen LogP contribution is -2.06. The molecule has 2 N–H and O–H groups in total. The highest BCUT2D eigenvalue weighted by atomic mass is 32.1. The first-order valence-electron chi connectivity index (χ1n) is 5.90. The highest BCUT2D eigenvalue weighted by Crippen LogP contribution is 2.28. The average molecular weight is 301 g/mol. The first kappa shape index (κ1) is 12.8. The lowest BCUT2D eigenvalue weighted by Gasteiger charge is -2.00. The molecule has 0 aliphatic heterocycles. The van der Waals surface area contributed by atoms with Crippen molar-refractivity contribution in [3.05, 3.63) is 39.8 Å². The molecule has 0 spiro atoms. The van der Waals surface area contributed by atoms with Gasteiger partial charge in [-0.2, -0.15) is 10.4 Å². The summed E-state index contributed by atoms with van der Waals surface area (Å²) in [4.78, 5) is 5.74. The highest BCUT2D eigenvalue weighted by molar-refractivity contribution is 7.20. The van der Waals surface area contributed by atoms with Crippen molar-refractivity contribution in [1.82, 2.24) is 14.8 Å². The Morgan fingerprint density at radius 2 is 2.30 bits per heavy atom. The second kappa shape index (κ2) is 5.07. The fourth-order valence-electron chi connectivity index (χ4n) is 1.90. The number of hydrogen-bond acceptors (Lipinski definition) is 6. The lowest BCUT2D eigenvalue weighted by atomic mass is 10.3. The van der Waals surface area contributed by atoms with Gasteiger partial charge in [-0.25, -0.2) is 9.67 Å². The molecule has 0 unspecified atom stereocenters. The third kappa shape index (κ3) is 2.19. The maximum Gasteiger partial charge on any atom is 0.140 e. The van der Waals surface area contributed by atoms with Crippen molar-refractivity contribution in [2.75, 3.05) is 5.73 Å². The Kier molecular flexibility index (Phi) is 3.26. The van der Waals surface area contributed by atoms with Gasteiger partial charge in [0.15, 0.2) is 0 Å². The van der Waals surface area contributed by atoms with Gasteiger partial charge in [0.25, 0.3) is 0 Å². The maximum absolute atomic E-state index is 9.01. The van der Waals surface area contributed by atoms with E-state index in [1.165, 1.54) is 0 Å². The summed E-state index contributed by atoms with van der Waals surface area (Å²) in [7, 11) is 0. The lowest BCUT2D eigenvalue weighted by molar-refractivity contribution is 0.679. The molecule has 0 saturated heterocycles. The van der Waals surface area contributed by atoms with E-state index in [2.05, 4.69) is 16.2 Å². The number of nitrogen functional groups attached to an aromatic ring is 1. The second-order valence-electron chi connectivity index (χ2n) is 4.24. The standard InChI is InChI=1S/C13H11N5S2/c1-8-10(5-14)12(15)18(17-8)6-9-7-20-13(16-9)11-3-2-4-19-11/h2-4,7H,6,15H2,1H3. The molecule has 3 rings (SSSR count). The molecule has 0 atom stereocenters. The number of thiazole rings is 1. The molecule has 3 aromatic heterocycles. The third-order valence-corrected chi connectivity index (χ3v) is 4.80. The molecule has 0 aliphatic carbocycles. The van der Waals surface area contributed by atoms with E-state index < -0.39 is 0 Å². The maximum atomic E-state index is 9.01. The number of aromatic nitrogens is 3. The Bertz CT molecular complexity index is 776. The van der Waals surface area contributed by atoms with E-state index in [1.807, 2.05) is 22.9 Å². The van der Waals surface area contributed by atoms with Crippen molar-refractivity contribution < 1.29 is 0 Å². The summed E-state index contributed by atoms with van der Waals surface area (Å²) in [6.07, 6.45) is 0. The first-order chi connectivity index (χ1) is 9.69. The molecule has 0 saturated carbocycles. The van der Waals surface area contributed by atoms with Crippen molar-refractivity contribution in [3.63, 3.8) is 0 Å². The number of thiophene rings is 1. The fourth-order valence-corrected chi connectivity index (χ4v) is 3.53. The molecule has 0 aromatic carbocycles. The number of nitriles is 1. The van der Waals surface area contributed by atoms with Crippen LogP contribution in [0.4, 0.5) is 5.82 Å². The van der Waals surface area contributed by atoms with Crippen LogP contribution in [-0.4, -0.2) is 14.8 Å². The number of rotatable bonds is 3. The van der Waals surface area contributed by atoms with Crippen LogP contribution in [0.15, 0.2) is 22.9 Å². The molecule has 20 heavy (non-hydrogen) atoms. The highest BCUT2D eigenvalue weighted by Gasteiger charge is 2.13. The van der Waals surface area contributed by atoms with Gasteiger partial charge in [-0.1, -0.05) is 6.07 Å².